The summed E-state index contributed by atoms with van der Waals surface area (Å²) in [6.07, 6.45) is 0. The van der Waals surface area contributed by atoms with Crippen molar-refractivity contribution in [3.63, 3.8) is 0 Å². The summed E-state index contributed by atoms with van der Waals surface area (Å²) in [7, 11) is 0. The summed E-state index contributed by atoms with van der Waals surface area (Å²) >= 11 is 0. The van der Waals surface area contributed by atoms with Crippen LogP contribution in [0.1, 0.15) is 67.5 Å². The number of hydrogen-bond acceptors (Lipinski definition) is 7. The van der Waals surface area contributed by atoms with Crippen LogP contribution in [0.2, 0.25) is 0 Å². The van der Waals surface area contributed by atoms with E-state index in [2.05, 4.69) is 0 Å². The zero-order valence-electron chi connectivity index (χ0n) is 27.8. The SMILES string of the molecule is Cc1cc(C(c2cc(C)c(O)c(C)c2)c2ccc(O)c(O)c2)cc(C)c1O.Oc1ccccc1C(c1ccccc1O)c1ccccc1O. The molecule has 0 atom stereocenters. The molecular weight excluding hydrogens is 616 g/mol. The number of benzene rings is 6. The maximum absolute atomic E-state index is 10.2. The van der Waals surface area contributed by atoms with Gasteiger partial charge in [-0.1, -0.05) is 84.9 Å². The quantitative estimate of drug-likeness (QED) is 0.0701. The van der Waals surface area contributed by atoms with E-state index in [0.29, 0.717) is 16.7 Å². The monoisotopic (exact) mass is 656 g/mol. The van der Waals surface area contributed by atoms with Gasteiger partial charge in [0.1, 0.15) is 28.7 Å². The van der Waals surface area contributed by atoms with Crippen LogP contribution in [0.4, 0.5) is 0 Å². The molecule has 0 heterocycles. The highest BCUT2D eigenvalue weighted by molar-refractivity contribution is 5.57. The van der Waals surface area contributed by atoms with Gasteiger partial charge in [0.15, 0.2) is 11.5 Å². The fourth-order valence-corrected chi connectivity index (χ4v) is 6.31. The lowest BCUT2D eigenvalue weighted by Gasteiger charge is -2.22. The van der Waals surface area contributed by atoms with Gasteiger partial charge in [-0.05, 0) is 97.0 Å². The van der Waals surface area contributed by atoms with Gasteiger partial charge >= 0.3 is 0 Å². The minimum absolute atomic E-state index is 0.124. The number of hydrogen-bond donors (Lipinski definition) is 7. The smallest absolute Gasteiger partial charge is 0.157 e. The van der Waals surface area contributed by atoms with Crippen molar-refractivity contribution in [3.8, 4) is 40.2 Å². The molecule has 6 rings (SSSR count). The first-order chi connectivity index (χ1) is 23.4. The lowest BCUT2D eigenvalue weighted by atomic mass is 9.82. The second-order valence-corrected chi connectivity index (χ2v) is 12.3. The van der Waals surface area contributed by atoms with Crippen LogP contribution in [0, 0.1) is 27.7 Å². The molecule has 6 aromatic rings. The van der Waals surface area contributed by atoms with Gasteiger partial charge in [0.05, 0.1) is 0 Å². The molecule has 0 saturated heterocycles. The molecule has 0 aliphatic carbocycles. The Bertz CT molecular complexity index is 1910. The number of phenols is 7. The van der Waals surface area contributed by atoms with Crippen molar-refractivity contribution in [2.45, 2.75) is 39.5 Å². The van der Waals surface area contributed by atoms with Crippen LogP contribution in [-0.4, -0.2) is 35.7 Å². The summed E-state index contributed by atoms with van der Waals surface area (Å²) in [6, 6.07) is 33.4. The summed E-state index contributed by atoms with van der Waals surface area (Å²) in [5, 5.41) is 70.7. The normalized spacial score (nSPS) is 11.0. The van der Waals surface area contributed by atoms with Gasteiger partial charge < -0.3 is 35.7 Å². The standard InChI is InChI=1S/C23H24O4.C19H16O3/c1-12-7-17(8-13(2)22(12)26)21(16-5-6-19(24)20(25)11-16)18-9-14(3)23(27)15(4)10-18;20-16-10-4-1-7-13(16)19(14-8-2-5-11-17(14)21)15-9-3-6-12-18(15)22/h5-11,21,24-27H,1-4H3;1-12,19-22H. The third-order valence-corrected chi connectivity index (χ3v) is 8.77. The number of aromatic hydroxyl groups is 7. The van der Waals surface area contributed by atoms with Crippen molar-refractivity contribution in [1.29, 1.82) is 0 Å². The van der Waals surface area contributed by atoms with E-state index < -0.39 is 5.92 Å². The highest BCUT2D eigenvalue weighted by Gasteiger charge is 2.25. The summed E-state index contributed by atoms with van der Waals surface area (Å²) < 4.78 is 0. The Morgan fingerprint density at radius 2 is 0.673 bits per heavy atom. The topological polar surface area (TPSA) is 142 Å². The van der Waals surface area contributed by atoms with Crippen LogP contribution in [0.5, 0.6) is 40.2 Å². The van der Waals surface area contributed by atoms with Gasteiger partial charge in [0.2, 0.25) is 0 Å². The van der Waals surface area contributed by atoms with Gasteiger partial charge in [-0.2, -0.15) is 0 Å². The summed E-state index contributed by atoms with van der Waals surface area (Å²) in [5.41, 5.74) is 7.68. The van der Waals surface area contributed by atoms with Gasteiger partial charge in [-0.3, -0.25) is 0 Å². The Kier molecular flexibility index (Phi) is 10.0. The molecule has 7 nitrogen and oxygen atoms in total. The van der Waals surface area contributed by atoms with Crippen LogP contribution in [-0.2, 0) is 0 Å². The molecule has 0 unspecified atom stereocenters. The Labute approximate surface area is 285 Å². The van der Waals surface area contributed by atoms with Gasteiger partial charge in [0, 0.05) is 28.5 Å². The summed E-state index contributed by atoms with van der Waals surface area (Å²) in [6.45, 7) is 7.41. The molecule has 49 heavy (non-hydrogen) atoms. The molecule has 0 amide bonds. The van der Waals surface area contributed by atoms with E-state index in [4.69, 9.17) is 0 Å². The lowest BCUT2D eigenvalue weighted by molar-refractivity contribution is 0.403. The molecule has 0 aromatic heterocycles. The van der Waals surface area contributed by atoms with Crippen molar-refractivity contribution in [2.75, 3.05) is 0 Å². The van der Waals surface area contributed by atoms with Crippen LogP contribution in [0.25, 0.3) is 0 Å². The van der Waals surface area contributed by atoms with E-state index in [-0.39, 0.29) is 46.2 Å². The average molecular weight is 657 g/mol. The lowest BCUT2D eigenvalue weighted by Crippen LogP contribution is -2.05. The average Bonchev–Trinajstić information content (AvgIpc) is 3.07. The molecule has 0 radical (unpaired) electrons. The summed E-state index contributed by atoms with van der Waals surface area (Å²) in [5.74, 6) is -0.132. The van der Waals surface area contributed by atoms with Gasteiger partial charge in [-0.25, -0.2) is 0 Å². The van der Waals surface area contributed by atoms with E-state index in [9.17, 15) is 35.7 Å². The molecule has 0 aliphatic rings. The predicted molar refractivity (Wildman–Crippen MR) is 191 cm³/mol. The van der Waals surface area contributed by atoms with E-state index >= 15 is 0 Å². The molecule has 0 bridgehead atoms. The second-order valence-electron chi connectivity index (χ2n) is 12.3. The van der Waals surface area contributed by atoms with E-state index in [0.717, 1.165) is 38.9 Å². The molecular formula is C42H40O7. The zero-order chi connectivity index (χ0) is 35.4. The molecule has 6 aromatic carbocycles. The molecule has 0 fully saturated rings. The van der Waals surface area contributed by atoms with Crippen LogP contribution in [0.3, 0.4) is 0 Å². The van der Waals surface area contributed by atoms with Crippen LogP contribution in [0.15, 0.2) is 115 Å². The van der Waals surface area contributed by atoms with Crippen molar-refractivity contribution in [3.05, 3.63) is 171 Å². The van der Waals surface area contributed by atoms with Gasteiger partial charge in [-0.15, -0.1) is 0 Å². The molecule has 7 N–H and O–H groups in total. The third-order valence-electron chi connectivity index (χ3n) is 8.77. The second kappa shape index (κ2) is 14.4. The number of aryl methyl sites for hydroxylation is 4. The highest BCUT2D eigenvalue weighted by Crippen LogP contribution is 2.43. The van der Waals surface area contributed by atoms with E-state index in [1.807, 2.05) is 70.2 Å². The Morgan fingerprint density at radius 3 is 1.00 bits per heavy atom. The molecule has 0 saturated carbocycles. The van der Waals surface area contributed by atoms with Crippen molar-refractivity contribution in [2.24, 2.45) is 0 Å². The third kappa shape index (κ3) is 7.26. The number of para-hydroxylation sites is 3. The minimum atomic E-state index is -0.455. The van der Waals surface area contributed by atoms with Crippen LogP contribution >= 0.6 is 0 Å². The first-order valence-electron chi connectivity index (χ1n) is 15.8. The number of phenolic OH excluding ortho intramolecular Hbond substituents is 7. The Morgan fingerprint density at radius 1 is 0.327 bits per heavy atom. The maximum Gasteiger partial charge on any atom is 0.157 e. The maximum atomic E-state index is 10.2. The molecule has 7 heteroatoms. The van der Waals surface area contributed by atoms with Crippen LogP contribution < -0.4 is 0 Å². The first-order valence-corrected chi connectivity index (χ1v) is 15.8. The highest BCUT2D eigenvalue weighted by atomic mass is 16.3. The van der Waals surface area contributed by atoms with E-state index in [1.54, 1.807) is 66.7 Å². The Balaban J connectivity index is 0.000000195. The molecule has 0 spiro atoms. The van der Waals surface area contributed by atoms with Gasteiger partial charge in [0.25, 0.3) is 0 Å². The predicted octanol–water partition coefficient (Wildman–Crippen LogP) is 8.91. The largest absolute Gasteiger partial charge is 0.508 e. The first kappa shape index (κ1) is 34.3. The van der Waals surface area contributed by atoms with Crippen molar-refractivity contribution in [1.82, 2.24) is 0 Å². The van der Waals surface area contributed by atoms with Crippen molar-refractivity contribution >= 4 is 0 Å². The molecule has 0 aliphatic heterocycles. The number of rotatable bonds is 6. The van der Waals surface area contributed by atoms with Crippen molar-refractivity contribution < 1.29 is 35.7 Å². The zero-order valence-corrected chi connectivity index (χ0v) is 27.8. The minimum Gasteiger partial charge on any atom is -0.508 e. The van der Waals surface area contributed by atoms with E-state index in [1.165, 1.54) is 6.07 Å². The fourth-order valence-electron chi connectivity index (χ4n) is 6.31. The summed E-state index contributed by atoms with van der Waals surface area (Å²) in [4.78, 5) is 0. The fraction of sp³-hybridized carbons (Fsp3) is 0.143. The Hall–Kier alpha value is -6.08. The molecule has 250 valence electrons.